The van der Waals surface area contributed by atoms with E-state index < -0.39 is 5.97 Å². The number of pyridine rings is 1. The highest BCUT2D eigenvalue weighted by atomic mass is 16.4. The van der Waals surface area contributed by atoms with Crippen molar-refractivity contribution in [1.29, 1.82) is 0 Å². The molecular weight excluding hydrogens is 158 g/mol. The van der Waals surface area contributed by atoms with E-state index >= 15 is 0 Å². The molecule has 0 aromatic carbocycles. The number of carboxylic acid groups (broad SMARTS) is 1. The summed E-state index contributed by atoms with van der Waals surface area (Å²) in [5, 5.41) is 16.0. The summed E-state index contributed by atoms with van der Waals surface area (Å²) < 4.78 is 0. The zero-order chi connectivity index (χ0) is 8.55. The van der Waals surface area contributed by atoms with Crippen LogP contribution >= 0.6 is 0 Å². The van der Waals surface area contributed by atoms with Crippen molar-refractivity contribution in [2.75, 3.05) is 0 Å². The van der Waals surface area contributed by atoms with E-state index in [2.05, 4.69) is 15.2 Å². The van der Waals surface area contributed by atoms with Gasteiger partial charge in [-0.05, 0) is 0 Å². The molecule has 12 heavy (non-hydrogen) atoms. The molecule has 0 atom stereocenters. The summed E-state index contributed by atoms with van der Waals surface area (Å²) in [5.74, 6) is -1.00. The standard InChI is InChI=1S/C7H5N3O2/c11-7(12)5-3-8-1-4-2-9-10-6(4)5/h1-3,8H,(H,11,12). The molecule has 2 aliphatic heterocycles. The first-order valence-electron chi connectivity index (χ1n) is 3.30. The van der Waals surface area contributed by atoms with Crippen molar-refractivity contribution in [3.63, 3.8) is 0 Å². The topological polar surface area (TPSA) is 78.9 Å². The fraction of sp³-hybridized carbons (Fsp3) is 0. The summed E-state index contributed by atoms with van der Waals surface area (Å²) >= 11 is 0. The van der Waals surface area contributed by atoms with Crippen molar-refractivity contribution in [3.8, 4) is 11.3 Å². The van der Waals surface area contributed by atoms with Crippen molar-refractivity contribution in [2.45, 2.75) is 0 Å². The molecule has 0 radical (unpaired) electrons. The van der Waals surface area contributed by atoms with E-state index in [1.165, 1.54) is 12.4 Å². The van der Waals surface area contributed by atoms with Gasteiger partial charge >= 0.3 is 5.97 Å². The average Bonchev–Trinajstić information content (AvgIpc) is 2.49. The molecule has 60 valence electrons. The number of carbonyl (C=O) groups is 1. The molecule has 2 rings (SSSR count). The number of aromatic amines is 1. The molecule has 0 spiro atoms. The number of hydrogen-bond donors (Lipinski definition) is 2. The van der Waals surface area contributed by atoms with Gasteiger partial charge in [0.1, 0.15) is 11.3 Å². The predicted octanol–water partition coefficient (Wildman–Crippen LogP) is 0.608. The summed E-state index contributed by atoms with van der Waals surface area (Å²) in [6.45, 7) is 0. The number of aromatic carboxylic acids is 1. The third-order valence-corrected chi connectivity index (χ3v) is 1.58. The minimum Gasteiger partial charge on any atom is -0.478 e. The molecular formula is C7H5N3O2. The van der Waals surface area contributed by atoms with E-state index in [4.69, 9.17) is 5.11 Å². The SMILES string of the molecule is O=C(O)c1c[nH]cc2cnnc1-2. The van der Waals surface area contributed by atoms with Crippen molar-refractivity contribution in [2.24, 2.45) is 0 Å². The molecule has 0 aliphatic carbocycles. The molecule has 2 aliphatic rings. The zero-order valence-electron chi connectivity index (χ0n) is 5.98. The maximum absolute atomic E-state index is 10.6. The highest BCUT2D eigenvalue weighted by Gasteiger charge is 2.15. The van der Waals surface area contributed by atoms with Crippen LogP contribution in [0.25, 0.3) is 11.3 Å². The Balaban J connectivity index is 2.71. The van der Waals surface area contributed by atoms with Gasteiger partial charge in [0, 0.05) is 18.0 Å². The fourth-order valence-electron chi connectivity index (χ4n) is 1.03. The number of nitrogens with zero attached hydrogens (tertiary/aromatic N) is 2. The van der Waals surface area contributed by atoms with Gasteiger partial charge in [-0.25, -0.2) is 4.79 Å². The lowest BCUT2D eigenvalue weighted by molar-refractivity contribution is 0.0697. The van der Waals surface area contributed by atoms with E-state index in [1.54, 1.807) is 6.20 Å². The molecule has 2 N–H and O–H groups in total. The maximum Gasteiger partial charge on any atom is 0.339 e. The molecule has 0 bridgehead atoms. The van der Waals surface area contributed by atoms with Gasteiger partial charge in [0.05, 0.1) is 6.20 Å². The Kier molecular flexibility index (Phi) is 1.30. The number of rotatable bonds is 1. The molecule has 2 heterocycles. The number of carboxylic acids is 1. The number of hydrogen-bond acceptors (Lipinski definition) is 3. The second-order valence-electron chi connectivity index (χ2n) is 2.32. The number of aromatic nitrogens is 3. The van der Waals surface area contributed by atoms with Gasteiger partial charge < -0.3 is 10.1 Å². The lowest BCUT2D eigenvalue weighted by Crippen LogP contribution is -2.00. The lowest BCUT2D eigenvalue weighted by atomic mass is 10.1. The number of H-pyrrole nitrogens is 1. The van der Waals surface area contributed by atoms with Crippen molar-refractivity contribution in [3.05, 3.63) is 24.2 Å². The summed E-state index contributed by atoms with van der Waals surface area (Å²) in [7, 11) is 0. The molecule has 0 saturated heterocycles. The molecule has 0 unspecified atom stereocenters. The van der Waals surface area contributed by atoms with Crippen LogP contribution in [-0.2, 0) is 0 Å². The fourth-order valence-corrected chi connectivity index (χ4v) is 1.03. The monoisotopic (exact) mass is 163 g/mol. The normalized spacial score (nSPS) is 10.3. The smallest absolute Gasteiger partial charge is 0.339 e. The van der Waals surface area contributed by atoms with Crippen LogP contribution < -0.4 is 0 Å². The van der Waals surface area contributed by atoms with Crippen LogP contribution in [0.5, 0.6) is 0 Å². The van der Waals surface area contributed by atoms with E-state index in [1.807, 2.05) is 0 Å². The van der Waals surface area contributed by atoms with Gasteiger partial charge in [0.15, 0.2) is 0 Å². The molecule has 5 heteroatoms. The Labute approximate surface area is 67.4 Å². The third kappa shape index (κ3) is 0.833. The summed E-state index contributed by atoms with van der Waals surface area (Å²) in [6, 6.07) is 0. The van der Waals surface area contributed by atoms with Gasteiger partial charge in [0.2, 0.25) is 0 Å². The molecule has 0 amide bonds. The number of fused-ring (bicyclic) bond motifs is 1. The molecule has 0 aromatic rings. The van der Waals surface area contributed by atoms with Crippen LogP contribution in [0.4, 0.5) is 0 Å². The first kappa shape index (κ1) is 6.78. The highest BCUT2D eigenvalue weighted by Crippen LogP contribution is 2.20. The van der Waals surface area contributed by atoms with E-state index in [-0.39, 0.29) is 5.56 Å². The lowest BCUT2D eigenvalue weighted by Gasteiger charge is -1.98. The number of nitrogens with one attached hydrogen (secondary N) is 1. The minimum atomic E-state index is -1.00. The van der Waals surface area contributed by atoms with Gasteiger partial charge in [0.25, 0.3) is 0 Å². The van der Waals surface area contributed by atoms with Crippen LogP contribution in [0.3, 0.4) is 0 Å². The van der Waals surface area contributed by atoms with Crippen LogP contribution in [0.2, 0.25) is 0 Å². The van der Waals surface area contributed by atoms with Gasteiger partial charge in [-0.2, -0.15) is 5.10 Å². The van der Waals surface area contributed by atoms with Crippen molar-refractivity contribution < 1.29 is 9.90 Å². The average molecular weight is 163 g/mol. The Hall–Kier alpha value is -1.91. The Morgan fingerprint density at radius 1 is 1.50 bits per heavy atom. The molecule has 0 saturated carbocycles. The Morgan fingerprint density at radius 2 is 2.33 bits per heavy atom. The minimum absolute atomic E-state index is 0.144. The molecule has 0 fully saturated rings. The van der Waals surface area contributed by atoms with E-state index in [0.29, 0.717) is 11.3 Å². The van der Waals surface area contributed by atoms with Crippen molar-refractivity contribution in [1.82, 2.24) is 15.2 Å². The van der Waals surface area contributed by atoms with E-state index in [0.717, 1.165) is 0 Å². The summed E-state index contributed by atoms with van der Waals surface area (Å²) in [4.78, 5) is 13.3. The Bertz CT molecular complexity index is 396. The van der Waals surface area contributed by atoms with Crippen LogP contribution in [0, 0.1) is 0 Å². The van der Waals surface area contributed by atoms with Crippen molar-refractivity contribution >= 4 is 5.97 Å². The van der Waals surface area contributed by atoms with Crippen LogP contribution in [0.15, 0.2) is 18.6 Å². The molecule has 5 nitrogen and oxygen atoms in total. The maximum atomic E-state index is 10.6. The highest BCUT2D eigenvalue weighted by molar-refractivity contribution is 5.94. The van der Waals surface area contributed by atoms with Gasteiger partial charge in [-0.15, -0.1) is 5.10 Å². The zero-order valence-corrected chi connectivity index (χ0v) is 5.98. The molecule has 0 aromatic heterocycles. The largest absolute Gasteiger partial charge is 0.478 e. The quantitative estimate of drug-likeness (QED) is 0.645. The van der Waals surface area contributed by atoms with Gasteiger partial charge in [-0.1, -0.05) is 0 Å². The summed E-state index contributed by atoms with van der Waals surface area (Å²) in [5.41, 5.74) is 1.26. The van der Waals surface area contributed by atoms with Crippen LogP contribution in [0.1, 0.15) is 10.4 Å². The van der Waals surface area contributed by atoms with E-state index in [9.17, 15) is 4.79 Å². The first-order chi connectivity index (χ1) is 5.79. The predicted molar refractivity (Wildman–Crippen MR) is 40.0 cm³/mol. The van der Waals surface area contributed by atoms with Gasteiger partial charge in [-0.3, -0.25) is 0 Å². The first-order valence-corrected chi connectivity index (χ1v) is 3.30. The van der Waals surface area contributed by atoms with Crippen LogP contribution in [-0.4, -0.2) is 26.3 Å². The second-order valence-corrected chi connectivity index (χ2v) is 2.32. The third-order valence-electron chi connectivity index (χ3n) is 1.58. The second kappa shape index (κ2) is 2.30. The Morgan fingerprint density at radius 3 is 3.08 bits per heavy atom. The summed E-state index contributed by atoms with van der Waals surface area (Å²) in [6.07, 6.45) is 4.55.